The number of nitrogens with zero attached hydrogens (tertiary/aromatic N) is 2. The van der Waals surface area contributed by atoms with E-state index in [1.165, 1.54) is 109 Å². The molecule has 0 saturated carbocycles. The van der Waals surface area contributed by atoms with Gasteiger partial charge in [-0.2, -0.15) is 0 Å². The molecule has 0 bridgehead atoms. The van der Waals surface area contributed by atoms with Crippen LogP contribution in [0.3, 0.4) is 0 Å². The lowest BCUT2D eigenvalue weighted by molar-refractivity contribution is 0.590. The van der Waals surface area contributed by atoms with E-state index < -0.39 is 0 Å². The molecule has 2 heteroatoms. The Bertz CT molecular complexity index is 3970. The molecule has 0 aliphatic rings. The van der Waals surface area contributed by atoms with Gasteiger partial charge in [-0.15, -0.1) is 0 Å². The van der Waals surface area contributed by atoms with Gasteiger partial charge in [-0.25, -0.2) is 0 Å². The molecule has 0 amide bonds. The van der Waals surface area contributed by atoms with Gasteiger partial charge in [0.2, 0.25) is 0 Å². The fourth-order valence-corrected chi connectivity index (χ4v) is 12.9. The van der Waals surface area contributed by atoms with E-state index in [1.54, 1.807) is 0 Å². The second-order valence-corrected chi connectivity index (χ2v) is 26.6. The highest BCUT2D eigenvalue weighted by atomic mass is 15.1. The van der Waals surface area contributed by atoms with Crippen molar-refractivity contribution >= 4 is 98.8 Å². The Hall–Kier alpha value is -8.46. The summed E-state index contributed by atoms with van der Waals surface area (Å²) in [7, 11) is 0. The molecule has 13 aromatic rings. The highest BCUT2D eigenvalue weighted by molar-refractivity contribution is 6.47. The van der Waals surface area contributed by atoms with Gasteiger partial charge in [0.15, 0.2) is 0 Å². The summed E-state index contributed by atoms with van der Waals surface area (Å²) >= 11 is 0. The van der Waals surface area contributed by atoms with E-state index in [0.29, 0.717) is 0 Å². The van der Waals surface area contributed by atoms with Crippen molar-refractivity contribution in [1.29, 1.82) is 0 Å². The van der Waals surface area contributed by atoms with Crippen LogP contribution in [0, 0.1) is 0 Å². The van der Waals surface area contributed by atoms with Crippen LogP contribution in [0.25, 0.3) is 86.9 Å². The average Bonchev–Trinajstić information content (AvgIpc) is 4.19. The minimum absolute atomic E-state index is 0.0329. The first-order chi connectivity index (χ1) is 38.3. The molecule has 0 N–H and O–H groups in total. The Kier molecular flexibility index (Phi) is 11.8. The summed E-state index contributed by atoms with van der Waals surface area (Å²) in [6.45, 7) is 27.5. The minimum atomic E-state index is 0.0329. The van der Waals surface area contributed by atoms with E-state index in [4.69, 9.17) is 0 Å². The summed E-state index contributed by atoms with van der Waals surface area (Å²) in [5.74, 6) is 0. The van der Waals surface area contributed by atoms with Gasteiger partial charge >= 0.3 is 0 Å². The van der Waals surface area contributed by atoms with Crippen molar-refractivity contribution in [1.82, 2.24) is 0 Å². The van der Waals surface area contributed by atoms with E-state index in [9.17, 15) is 0 Å². The van der Waals surface area contributed by atoms with E-state index in [-0.39, 0.29) is 21.7 Å². The molecule has 0 aromatic heterocycles. The van der Waals surface area contributed by atoms with Crippen LogP contribution >= 0.6 is 0 Å². The number of hydrogen-bond donors (Lipinski definition) is 0. The minimum Gasteiger partial charge on any atom is -0.310 e. The van der Waals surface area contributed by atoms with Crippen LogP contribution < -0.4 is 9.80 Å². The number of rotatable bonds is 8. The summed E-state index contributed by atoms with van der Waals surface area (Å²) < 4.78 is 0. The van der Waals surface area contributed by atoms with Crippen LogP contribution in [0.4, 0.5) is 34.1 Å². The Morgan fingerprint density at radius 2 is 0.463 bits per heavy atom. The maximum absolute atomic E-state index is 2.48. The molecule has 0 spiro atoms. The maximum atomic E-state index is 2.48. The second-order valence-electron chi connectivity index (χ2n) is 26.6. The van der Waals surface area contributed by atoms with E-state index in [2.05, 4.69) is 311 Å². The topological polar surface area (TPSA) is 6.48 Å². The predicted octanol–water partition coefficient (Wildman–Crippen LogP) is 22.9. The quantitative estimate of drug-likeness (QED) is 0.150. The molecular weight excluding hydrogens is 965 g/mol. The predicted molar refractivity (Wildman–Crippen MR) is 349 cm³/mol. The summed E-state index contributed by atoms with van der Waals surface area (Å²) in [5, 5.41) is 15.3. The maximum Gasteiger partial charge on any atom is 0.0540 e. The third-order valence-corrected chi connectivity index (χ3v) is 17.2. The van der Waals surface area contributed by atoms with Gasteiger partial charge in [0.05, 0.1) is 11.4 Å². The lowest BCUT2D eigenvalue weighted by Gasteiger charge is -2.29. The van der Waals surface area contributed by atoms with Crippen LogP contribution in [-0.2, 0) is 21.7 Å². The van der Waals surface area contributed by atoms with Gasteiger partial charge in [0.25, 0.3) is 0 Å². The first-order valence-electron chi connectivity index (χ1n) is 28.8. The highest BCUT2D eigenvalue weighted by Crippen LogP contribution is 2.58. The molecule has 13 rings (SSSR count). The Morgan fingerprint density at radius 3 is 0.725 bits per heavy atom. The van der Waals surface area contributed by atoms with Gasteiger partial charge in [-0.3, -0.25) is 0 Å². The Morgan fingerprint density at radius 1 is 0.212 bits per heavy atom. The van der Waals surface area contributed by atoms with Gasteiger partial charge in [0.1, 0.15) is 0 Å². The molecule has 394 valence electrons. The normalized spacial score (nSPS) is 12.8. The molecule has 0 saturated heterocycles. The van der Waals surface area contributed by atoms with Crippen LogP contribution in [0.2, 0.25) is 0 Å². The van der Waals surface area contributed by atoms with Crippen molar-refractivity contribution in [3.63, 3.8) is 0 Å². The van der Waals surface area contributed by atoms with Gasteiger partial charge in [-0.1, -0.05) is 241 Å². The summed E-state index contributed by atoms with van der Waals surface area (Å²) in [4.78, 5) is 4.97. The standard InChI is InChI=1S/C78H72N2/c1-75(2,3)51-29-37-55(38-30-51)79(56-39-31-52(32-40-56)76(4,5)6)65-47-45-63-69-59(65)25-19-27-61(69)71-67(49-21-15-13-16-22-49)74-64-46-48-66(60-26-20-28-62(70(60)64)72(74)68(73(63)71)50-23-17-14-18-24-50)80(57-41-33-53(34-42-57)77(7,8)9)58-43-35-54(36-44-58)78(10,11)12/h13-48H,1-12H3. The smallest absolute Gasteiger partial charge is 0.0540 e. The van der Waals surface area contributed by atoms with Crippen molar-refractivity contribution in [3.8, 4) is 22.3 Å². The molecule has 13 aromatic carbocycles. The summed E-state index contributed by atoms with van der Waals surface area (Å²) in [6, 6.07) is 83.3. The van der Waals surface area contributed by atoms with Crippen LogP contribution in [0.15, 0.2) is 218 Å². The number of benzene rings is 11. The Balaban J connectivity index is 1.13. The van der Waals surface area contributed by atoms with Crippen LogP contribution in [0.1, 0.15) is 105 Å². The SMILES string of the molecule is CC(C)(C)c1ccc(N(c2ccc(C(C)(C)C)cc2)c2ccc3c4c(-c5ccccc5)c5c6cccc7c(N(c8ccc(C(C)(C)C)cc8)c8ccc(C(C)(C)C)cc8)ccc(c5c(-c5ccccc5)c4c4cccc2c43)c76)cc1. The fraction of sp³-hybridized carbons (Fsp3) is 0.205. The molecule has 0 atom stereocenters. The van der Waals surface area contributed by atoms with Gasteiger partial charge < -0.3 is 9.80 Å². The van der Waals surface area contributed by atoms with Crippen molar-refractivity contribution in [3.05, 3.63) is 241 Å². The van der Waals surface area contributed by atoms with Gasteiger partial charge in [0, 0.05) is 33.5 Å². The number of hydrogen-bond acceptors (Lipinski definition) is 2. The molecular formula is C78H72N2. The van der Waals surface area contributed by atoms with E-state index in [0.717, 1.165) is 34.1 Å². The monoisotopic (exact) mass is 1040 g/mol. The largest absolute Gasteiger partial charge is 0.310 e. The third kappa shape index (κ3) is 8.37. The molecule has 0 radical (unpaired) electrons. The van der Waals surface area contributed by atoms with E-state index in [1.807, 2.05) is 0 Å². The number of anilines is 6. The van der Waals surface area contributed by atoms with Crippen molar-refractivity contribution < 1.29 is 0 Å². The zero-order valence-electron chi connectivity index (χ0n) is 48.7. The molecule has 0 heterocycles. The van der Waals surface area contributed by atoms with Crippen molar-refractivity contribution in [2.45, 2.75) is 105 Å². The second kappa shape index (κ2) is 18.6. The molecule has 0 fully saturated rings. The molecule has 80 heavy (non-hydrogen) atoms. The van der Waals surface area contributed by atoms with Crippen LogP contribution in [-0.4, -0.2) is 0 Å². The molecule has 2 nitrogen and oxygen atoms in total. The highest BCUT2D eigenvalue weighted by Gasteiger charge is 2.31. The van der Waals surface area contributed by atoms with Crippen molar-refractivity contribution in [2.75, 3.05) is 9.80 Å². The molecule has 0 aliphatic carbocycles. The lowest BCUT2D eigenvalue weighted by Crippen LogP contribution is -2.14. The van der Waals surface area contributed by atoms with Crippen LogP contribution in [0.5, 0.6) is 0 Å². The molecule has 0 unspecified atom stereocenters. The summed E-state index contributed by atoms with van der Waals surface area (Å²) in [5.41, 5.74) is 17.3. The van der Waals surface area contributed by atoms with Gasteiger partial charge in [-0.05, 0) is 181 Å². The fourth-order valence-electron chi connectivity index (χ4n) is 12.9. The zero-order valence-corrected chi connectivity index (χ0v) is 48.7. The summed E-state index contributed by atoms with van der Waals surface area (Å²) in [6.07, 6.45) is 0. The lowest BCUT2D eigenvalue weighted by atomic mass is 9.86. The third-order valence-electron chi connectivity index (χ3n) is 17.2. The average molecular weight is 1040 g/mol. The van der Waals surface area contributed by atoms with Crippen molar-refractivity contribution in [2.24, 2.45) is 0 Å². The zero-order chi connectivity index (χ0) is 55.6. The van der Waals surface area contributed by atoms with E-state index >= 15 is 0 Å². The number of fused-ring (bicyclic) bond motifs is 6. The molecule has 0 aliphatic heterocycles. The Labute approximate surface area is 473 Å². The first-order valence-corrected chi connectivity index (χ1v) is 28.8. The first kappa shape index (κ1) is 51.0.